The van der Waals surface area contributed by atoms with Gasteiger partial charge < -0.3 is 15.8 Å². The summed E-state index contributed by atoms with van der Waals surface area (Å²) < 4.78 is 5.51. The lowest BCUT2D eigenvalue weighted by Crippen LogP contribution is -2.31. The molecule has 3 N–H and O–H groups in total. The first kappa shape index (κ1) is 15.7. The third-order valence-corrected chi connectivity index (χ3v) is 4.18. The van der Waals surface area contributed by atoms with E-state index in [4.69, 9.17) is 10.5 Å². The second-order valence-corrected chi connectivity index (χ2v) is 6.00. The fourth-order valence-electron chi connectivity index (χ4n) is 3.12. The highest BCUT2D eigenvalue weighted by atomic mass is 16.5. The number of benzene rings is 1. The number of carbonyl (C=O) groups is 1. The molecule has 1 saturated carbocycles. The summed E-state index contributed by atoms with van der Waals surface area (Å²) in [4.78, 5) is 12.4. The number of amides is 1. The summed E-state index contributed by atoms with van der Waals surface area (Å²) in [5.41, 5.74) is 6.94. The molecule has 0 aliphatic heterocycles. The molecule has 0 bridgehead atoms. The number of para-hydroxylation sites is 1. The van der Waals surface area contributed by atoms with E-state index < -0.39 is 0 Å². The van der Waals surface area contributed by atoms with Crippen molar-refractivity contribution in [1.29, 1.82) is 0 Å². The van der Waals surface area contributed by atoms with Gasteiger partial charge in [0, 0.05) is 6.54 Å². The van der Waals surface area contributed by atoms with Crippen molar-refractivity contribution >= 4 is 11.6 Å². The first-order chi connectivity index (χ1) is 10.1. The minimum absolute atomic E-state index is 0.0935. The van der Waals surface area contributed by atoms with E-state index in [2.05, 4.69) is 12.2 Å². The highest BCUT2D eigenvalue weighted by Gasteiger charge is 2.21. The minimum Gasteiger partial charge on any atom is -0.491 e. The van der Waals surface area contributed by atoms with Crippen molar-refractivity contribution < 1.29 is 9.53 Å². The zero-order valence-corrected chi connectivity index (χ0v) is 13.0. The van der Waals surface area contributed by atoms with Crippen molar-refractivity contribution in [3.05, 3.63) is 23.8 Å². The van der Waals surface area contributed by atoms with Crippen LogP contribution in [0.15, 0.2) is 18.2 Å². The van der Waals surface area contributed by atoms with Gasteiger partial charge in [0.05, 0.1) is 17.9 Å². The average molecular weight is 290 g/mol. The van der Waals surface area contributed by atoms with Crippen LogP contribution in [0.25, 0.3) is 0 Å². The zero-order valence-electron chi connectivity index (χ0n) is 13.0. The van der Waals surface area contributed by atoms with Gasteiger partial charge >= 0.3 is 0 Å². The van der Waals surface area contributed by atoms with Crippen LogP contribution in [-0.4, -0.2) is 19.1 Å². The van der Waals surface area contributed by atoms with Gasteiger partial charge in [0.2, 0.25) is 0 Å². The minimum atomic E-state index is -0.0935. The fourth-order valence-corrected chi connectivity index (χ4v) is 3.12. The maximum atomic E-state index is 12.4. The number of hydrogen-bond acceptors (Lipinski definition) is 3. The average Bonchev–Trinajstić information content (AvgIpc) is 2.47. The van der Waals surface area contributed by atoms with E-state index in [-0.39, 0.29) is 5.91 Å². The molecule has 1 aromatic carbocycles. The third kappa shape index (κ3) is 4.13. The number of nitrogens with one attached hydrogen (secondary N) is 1. The monoisotopic (exact) mass is 290 g/mol. The molecule has 2 rings (SSSR count). The molecule has 0 spiro atoms. The van der Waals surface area contributed by atoms with Crippen LogP contribution < -0.4 is 15.8 Å². The molecule has 116 valence electrons. The number of carbonyl (C=O) groups excluding carboxylic acids is 1. The Hall–Kier alpha value is -1.71. The molecule has 1 fully saturated rings. The first-order valence-electron chi connectivity index (χ1n) is 7.91. The Morgan fingerprint density at radius 2 is 2.24 bits per heavy atom. The second-order valence-electron chi connectivity index (χ2n) is 6.00. The first-order valence-corrected chi connectivity index (χ1v) is 7.91. The maximum Gasteiger partial charge on any atom is 0.255 e. The van der Waals surface area contributed by atoms with Crippen molar-refractivity contribution in [2.75, 3.05) is 18.9 Å². The van der Waals surface area contributed by atoms with Crippen LogP contribution >= 0.6 is 0 Å². The number of anilines is 1. The van der Waals surface area contributed by atoms with E-state index in [1.165, 1.54) is 25.7 Å². The van der Waals surface area contributed by atoms with Gasteiger partial charge in [0.25, 0.3) is 5.91 Å². The van der Waals surface area contributed by atoms with Gasteiger partial charge in [-0.3, -0.25) is 4.79 Å². The SMILES string of the molecule is CCOc1c(N)cccc1C(=O)NCC1CCCC(C)C1. The predicted octanol–water partition coefficient (Wildman–Crippen LogP) is 3.22. The topological polar surface area (TPSA) is 64.3 Å². The van der Waals surface area contributed by atoms with E-state index in [1.54, 1.807) is 18.2 Å². The quantitative estimate of drug-likeness (QED) is 0.818. The summed E-state index contributed by atoms with van der Waals surface area (Å²) in [5, 5.41) is 3.04. The Labute approximate surface area is 127 Å². The number of nitrogen functional groups attached to an aromatic ring is 1. The van der Waals surface area contributed by atoms with Crippen molar-refractivity contribution in [2.45, 2.75) is 39.5 Å². The summed E-state index contributed by atoms with van der Waals surface area (Å²) in [6.45, 7) is 5.41. The highest BCUT2D eigenvalue weighted by molar-refractivity contribution is 5.98. The van der Waals surface area contributed by atoms with Crippen molar-refractivity contribution in [1.82, 2.24) is 5.32 Å². The van der Waals surface area contributed by atoms with Crippen LogP contribution in [0.2, 0.25) is 0 Å². The maximum absolute atomic E-state index is 12.4. The standard InChI is InChI=1S/C17H26N2O2/c1-3-21-16-14(8-5-9-15(16)18)17(20)19-11-13-7-4-6-12(2)10-13/h5,8-9,12-13H,3-4,6-7,10-11,18H2,1-2H3,(H,19,20). The van der Waals surface area contributed by atoms with E-state index in [0.29, 0.717) is 29.5 Å². The van der Waals surface area contributed by atoms with Crippen LogP contribution in [0.4, 0.5) is 5.69 Å². The number of nitrogens with two attached hydrogens (primary N) is 1. The Kier molecular flexibility index (Phi) is 5.48. The largest absolute Gasteiger partial charge is 0.491 e. The molecule has 0 radical (unpaired) electrons. The van der Waals surface area contributed by atoms with Gasteiger partial charge in [-0.25, -0.2) is 0 Å². The van der Waals surface area contributed by atoms with Gasteiger partial charge in [0.1, 0.15) is 0 Å². The van der Waals surface area contributed by atoms with Gasteiger partial charge in [-0.1, -0.05) is 25.8 Å². The van der Waals surface area contributed by atoms with Gasteiger partial charge in [0.15, 0.2) is 5.75 Å². The summed E-state index contributed by atoms with van der Waals surface area (Å²) in [6, 6.07) is 5.31. The molecule has 0 saturated heterocycles. The van der Waals surface area contributed by atoms with Crippen LogP contribution in [0.1, 0.15) is 49.9 Å². The molecule has 1 aliphatic carbocycles. The normalized spacial score (nSPS) is 21.8. The van der Waals surface area contributed by atoms with E-state index >= 15 is 0 Å². The Balaban J connectivity index is 1.98. The molecule has 0 heterocycles. The molecule has 21 heavy (non-hydrogen) atoms. The number of ether oxygens (including phenoxy) is 1. The number of hydrogen-bond donors (Lipinski definition) is 2. The molecule has 1 amide bonds. The lowest BCUT2D eigenvalue weighted by molar-refractivity contribution is 0.0937. The van der Waals surface area contributed by atoms with Gasteiger partial charge in [-0.05, 0) is 43.7 Å². The van der Waals surface area contributed by atoms with Crippen LogP contribution in [0.3, 0.4) is 0 Å². The molecular formula is C17H26N2O2. The summed E-state index contributed by atoms with van der Waals surface area (Å²) in [7, 11) is 0. The van der Waals surface area contributed by atoms with Crippen LogP contribution in [0, 0.1) is 11.8 Å². The predicted molar refractivity (Wildman–Crippen MR) is 85.5 cm³/mol. The van der Waals surface area contributed by atoms with Crippen LogP contribution in [-0.2, 0) is 0 Å². The third-order valence-electron chi connectivity index (χ3n) is 4.18. The lowest BCUT2D eigenvalue weighted by Gasteiger charge is -2.26. The van der Waals surface area contributed by atoms with E-state index in [9.17, 15) is 4.79 Å². The smallest absolute Gasteiger partial charge is 0.255 e. The lowest BCUT2D eigenvalue weighted by atomic mass is 9.82. The highest BCUT2D eigenvalue weighted by Crippen LogP contribution is 2.29. The van der Waals surface area contributed by atoms with E-state index in [0.717, 1.165) is 12.5 Å². The van der Waals surface area contributed by atoms with Gasteiger partial charge in [-0.15, -0.1) is 0 Å². The van der Waals surface area contributed by atoms with Crippen LogP contribution in [0.5, 0.6) is 5.75 Å². The molecule has 0 aromatic heterocycles. The number of rotatable bonds is 5. The molecule has 2 atom stereocenters. The second kappa shape index (κ2) is 7.34. The van der Waals surface area contributed by atoms with Crippen molar-refractivity contribution in [3.8, 4) is 5.75 Å². The van der Waals surface area contributed by atoms with E-state index in [1.807, 2.05) is 6.92 Å². The molecule has 1 aromatic rings. The van der Waals surface area contributed by atoms with Gasteiger partial charge in [-0.2, -0.15) is 0 Å². The molecule has 4 nitrogen and oxygen atoms in total. The zero-order chi connectivity index (χ0) is 15.2. The molecular weight excluding hydrogens is 264 g/mol. The summed E-state index contributed by atoms with van der Waals surface area (Å²) >= 11 is 0. The van der Waals surface area contributed by atoms with Crippen molar-refractivity contribution in [2.24, 2.45) is 11.8 Å². The Morgan fingerprint density at radius 3 is 2.95 bits per heavy atom. The van der Waals surface area contributed by atoms with Crippen molar-refractivity contribution in [3.63, 3.8) is 0 Å². The fraction of sp³-hybridized carbons (Fsp3) is 0.588. The summed E-state index contributed by atoms with van der Waals surface area (Å²) in [6.07, 6.45) is 4.99. The summed E-state index contributed by atoms with van der Waals surface area (Å²) in [5.74, 6) is 1.76. The molecule has 1 aliphatic rings. The molecule has 2 unspecified atom stereocenters. The Bertz CT molecular complexity index is 488. The molecule has 4 heteroatoms. The Morgan fingerprint density at radius 1 is 1.43 bits per heavy atom.